The summed E-state index contributed by atoms with van der Waals surface area (Å²) in [7, 11) is 0. The lowest BCUT2D eigenvalue weighted by Crippen LogP contribution is -2.28. The van der Waals surface area contributed by atoms with Crippen molar-refractivity contribution in [3.05, 3.63) is 47.0 Å². The molecule has 2 unspecified atom stereocenters. The van der Waals surface area contributed by atoms with Crippen LogP contribution in [-0.4, -0.2) is 34.7 Å². The molecule has 1 aromatic carbocycles. The van der Waals surface area contributed by atoms with Gasteiger partial charge in [-0.1, -0.05) is 19.1 Å². The van der Waals surface area contributed by atoms with E-state index in [1.54, 1.807) is 0 Å². The number of alkyl halides is 1. The van der Waals surface area contributed by atoms with E-state index in [0.717, 1.165) is 80.9 Å². The van der Waals surface area contributed by atoms with Crippen LogP contribution in [0.2, 0.25) is 0 Å². The van der Waals surface area contributed by atoms with E-state index in [1.807, 2.05) is 0 Å². The summed E-state index contributed by atoms with van der Waals surface area (Å²) in [6.45, 7) is 5.39. The maximum Gasteiger partial charge on any atom is 0.270 e. The average molecular weight is 411 g/mol. The summed E-state index contributed by atoms with van der Waals surface area (Å²) in [5, 5.41) is 3.10. The van der Waals surface area contributed by atoms with Crippen LogP contribution in [0, 0.1) is 11.8 Å². The molecule has 0 bridgehead atoms. The van der Waals surface area contributed by atoms with Crippen LogP contribution < -0.4 is 10.2 Å². The minimum absolute atomic E-state index is 0.0234. The molecule has 5 nitrogen and oxygen atoms in total. The van der Waals surface area contributed by atoms with Crippen LogP contribution in [0.3, 0.4) is 0 Å². The zero-order valence-corrected chi connectivity index (χ0v) is 17.7. The molecule has 2 atom stereocenters. The highest BCUT2D eigenvalue weighted by molar-refractivity contribution is 5.94. The zero-order chi connectivity index (χ0) is 20.7. The number of rotatable bonds is 5. The van der Waals surface area contributed by atoms with Crippen molar-refractivity contribution >= 4 is 11.6 Å². The number of amides is 1. The summed E-state index contributed by atoms with van der Waals surface area (Å²) in [6, 6.07) is 8.45. The number of benzene rings is 1. The molecule has 1 saturated carbocycles. The van der Waals surface area contributed by atoms with Crippen molar-refractivity contribution in [2.75, 3.05) is 18.0 Å². The van der Waals surface area contributed by atoms with Gasteiger partial charge in [-0.2, -0.15) is 0 Å². The summed E-state index contributed by atoms with van der Waals surface area (Å²) in [6.07, 6.45) is 4.86. The monoisotopic (exact) mass is 410 g/mol. The lowest BCUT2D eigenvalue weighted by atomic mass is 10.0. The van der Waals surface area contributed by atoms with E-state index < -0.39 is 6.17 Å². The van der Waals surface area contributed by atoms with Crippen LogP contribution in [-0.2, 0) is 25.9 Å². The Hall–Kier alpha value is -2.37. The molecule has 2 fully saturated rings. The molecule has 0 spiro atoms. The number of hydrogen-bond donors (Lipinski definition) is 1. The number of carbonyl (C=O) groups excluding carboxylic acids is 1. The zero-order valence-electron chi connectivity index (χ0n) is 17.7. The van der Waals surface area contributed by atoms with E-state index >= 15 is 0 Å². The second kappa shape index (κ2) is 8.05. The van der Waals surface area contributed by atoms with Gasteiger partial charge >= 0.3 is 0 Å². The van der Waals surface area contributed by atoms with E-state index in [9.17, 15) is 9.18 Å². The van der Waals surface area contributed by atoms with Gasteiger partial charge in [0.25, 0.3) is 5.91 Å². The number of aryl methyl sites for hydroxylation is 2. The first kappa shape index (κ1) is 19.6. The summed E-state index contributed by atoms with van der Waals surface area (Å²) in [5.74, 6) is 2.05. The van der Waals surface area contributed by atoms with Gasteiger partial charge in [-0.25, -0.2) is 9.37 Å². The average Bonchev–Trinajstić information content (AvgIpc) is 3.42. The molecule has 2 aliphatic heterocycles. The van der Waals surface area contributed by atoms with Crippen molar-refractivity contribution in [1.82, 2.24) is 14.9 Å². The standard InChI is InChI=1S/C24H31FN4O/c1-2-21-23(29-10-4-3-5-22(29)27-21)24(30)26-13-16-6-8-20(9-7-16)28-14-17-11-19(25)12-18(17)15-28/h6-9,17-19H,2-5,10-15H2,1H3,(H,26,30). The van der Waals surface area contributed by atoms with Gasteiger partial charge in [0.2, 0.25) is 0 Å². The second-order valence-corrected chi connectivity index (χ2v) is 9.13. The Labute approximate surface area is 177 Å². The number of aromatic nitrogens is 2. The molecule has 3 heterocycles. The SMILES string of the molecule is CCc1nc2n(c1C(=O)NCc1ccc(N3CC4CC(F)CC4C3)cc1)CCCC2. The predicted molar refractivity (Wildman–Crippen MR) is 115 cm³/mol. The van der Waals surface area contributed by atoms with Crippen LogP contribution in [0.1, 0.15) is 60.2 Å². The summed E-state index contributed by atoms with van der Waals surface area (Å²) in [4.78, 5) is 20.0. The molecule has 5 rings (SSSR count). The van der Waals surface area contributed by atoms with Crippen LogP contribution in [0.5, 0.6) is 0 Å². The van der Waals surface area contributed by atoms with Crippen LogP contribution in [0.4, 0.5) is 10.1 Å². The quantitative estimate of drug-likeness (QED) is 0.813. The Morgan fingerprint density at radius 3 is 2.60 bits per heavy atom. The van der Waals surface area contributed by atoms with Crippen LogP contribution >= 0.6 is 0 Å². The largest absolute Gasteiger partial charge is 0.371 e. The van der Waals surface area contributed by atoms with Crippen LogP contribution in [0.15, 0.2) is 24.3 Å². The number of imidazole rings is 1. The third kappa shape index (κ3) is 3.61. The van der Waals surface area contributed by atoms with Gasteiger partial charge in [0.1, 0.15) is 17.7 Å². The number of halogens is 1. The highest BCUT2D eigenvalue weighted by atomic mass is 19.1. The van der Waals surface area contributed by atoms with Crippen molar-refractivity contribution in [2.24, 2.45) is 11.8 Å². The molecule has 0 radical (unpaired) electrons. The minimum atomic E-state index is -0.595. The Balaban J connectivity index is 1.21. The molecule has 1 saturated heterocycles. The Bertz CT molecular complexity index is 908. The molecule has 1 N–H and O–H groups in total. The van der Waals surface area contributed by atoms with Crippen molar-refractivity contribution in [1.29, 1.82) is 0 Å². The first-order chi connectivity index (χ1) is 14.6. The topological polar surface area (TPSA) is 50.2 Å². The van der Waals surface area contributed by atoms with Crippen molar-refractivity contribution in [3.63, 3.8) is 0 Å². The van der Waals surface area contributed by atoms with Crippen molar-refractivity contribution in [2.45, 2.75) is 64.7 Å². The lowest BCUT2D eigenvalue weighted by Gasteiger charge is -2.20. The fraction of sp³-hybridized carbons (Fsp3) is 0.583. The van der Waals surface area contributed by atoms with E-state index in [4.69, 9.17) is 4.98 Å². The smallest absolute Gasteiger partial charge is 0.270 e. The number of carbonyl (C=O) groups is 1. The first-order valence-corrected chi connectivity index (χ1v) is 11.5. The molecule has 3 aliphatic rings. The first-order valence-electron chi connectivity index (χ1n) is 11.5. The Morgan fingerprint density at radius 1 is 1.17 bits per heavy atom. The maximum atomic E-state index is 13.6. The highest BCUT2D eigenvalue weighted by Crippen LogP contribution is 2.41. The Morgan fingerprint density at radius 2 is 1.90 bits per heavy atom. The Kier molecular flexibility index (Phi) is 5.25. The molecule has 1 aliphatic carbocycles. The van der Waals surface area contributed by atoms with E-state index in [-0.39, 0.29) is 5.91 Å². The molecular formula is C24H31FN4O. The fourth-order valence-corrected chi connectivity index (χ4v) is 5.57. The predicted octanol–water partition coefficient (Wildman–Crippen LogP) is 3.90. The number of nitrogens with one attached hydrogen (secondary N) is 1. The van der Waals surface area contributed by atoms with E-state index in [0.29, 0.717) is 18.4 Å². The van der Waals surface area contributed by atoms with Gasteiger partial charge in [0.05, 0.1) is 5.69 Å². The minimum Gasteiger partial charge on any atom is -0.371 e. The summed E-state index contributed by atoms with van der Waals surface area (Å²) < 4.78 is 15.7. The van der Waals surface area contributed by atoms with Crippen molar-refractivity contribution < 1.29 is 9.18 Å². The molecule has 2 aromatic rings. The maximum absolute atomic E-state index is 13.6. The molecule has 160 valence electrons. The third-order valence-corrected chi connectivity index (χ3v) is 7.15. The fourth-order valence-electron chi connectivity index (χ4n) is 5.57. The number of anilines is 1. The van der Waals surface area contributed by atoms with Gasteiger partial charge in [-0.15, -0.1) is 0 Å². The van der Waals surface area contributed by atoms with E-state index in [2.05, 4.69) is 46.0 Å². The van der Waals surface area contributed by atoms with Gasteiger partial charge in [-0.3, -0.25) is 4.79 Å². The molecular weight excluding hydrogens is 379 g/mol. The van der Waals surface area contributed by atoms with Gasteiger partial charge in [0.15, 0.2) is 0 Å². The number of fused-ring (bicyclic) bond motifs is 2. The molecule has 30 heavy (non-hydrogen) atoms. The lowest BCUT2D eigenvalue weighted by molar-refractivity contribution is 0.0939. The summed E-state index contributed by atoms with van der Waals surface area (Å²) in [5.41, 5.74) is 3.95. The number of hydrogen-bond acceptors (Lipinski definition) is 3. The van der Waals surface area contributed by atoms with Crippen LogP contribution in [0.25, 0.3) is 0 Å². The second-order valence-electron chi connectivity index (χ2n) is 9.13. The molecule has 1 amide bonds. The van der Waals surface area contributed by atoms with E-state index in [1.165, 1.54) is 5.69 Å². The van der Waals surface area contributed by atoms with Crippen molar-refractivity contribution in [3.8, 4) is 0 Å². The van der Waals surface area contributed by atoms with Gasteiger partial charge in [-0.05, 0) is 61.6 Å². The normalized spacial score (nSPS) is 25.3. The highest BCUT2D eigenvalue weighted by Gasteiger charge is 2.41. The molecule has 1 aromatic heterocycles. The number of nitrogens with zero attached hydrogens (tertiary/aromatic N) is 3. The van der Waals surface area contributed by atoms with Gasteiger partial charge < -0.3 is 14.8 Å². The van der Waals surface area contributed by atoms with Gasteiger partial charge in [0, 0.05) is 38.3 Å². The third-order valence-electron chi connectivity index (χ3n) is 7.15. The molecule has 6 heteroatoms. The summed E-state index contributed by atoms with van der Waals surface area (Å²) >= 11 is 0.